The number of nitrogens with two attached hydrogens (primary N) is 2. The molecule has 0 fully saturated rings. The van der Waals surface area contributed by atoms with E-state index in [4.69, 9.17) is 39.9 Å². The first-order valence-corrected chi connectivity index (χ1v) is 25.1. The zero-order valence-corrected chi connectivity index (χ0v) is 44.2. The summed E-state index contributed by atoms with van der Waals surface area (Å²) < 4.78 is 34.6. The molecular weight excluding hydrogens is 1000 g/mol. The van der Waals surface area contributed by atoms with Crippen molar-refractivity contribution in [1.29, 1.82) is 0 Å². The maximum absolute atomic E-state index is 13.7. The van der Waals surface area contributed by atoms with E-state index in [-0.39, 0.29) is 120 Å². The van der Waals surface area contributed by atoms with Gasteiger partial charge in [0.05, 0.1) is 78.6 Å². The number of aromatic amines is 1. The number of nitrogens with zero attached hydrogens (tertiary/aromatic N) is 5. The fourth-order valence-corrected chi connectivity index (χ4v) is 7.76. The molecule has 4 aromatic rings. The summed E-state index contributed by atoms with van der Waals surface area (Å²) in [6.07, 6.45) is 3.03. The van der Waals surface area contributed by atoms with Crippen molar-refractivity contribution in [3.05, 3.63) is 93.9 Å². The Bertz CT molecular complexity index is 2750. The second kappa shape index (κ2) is 29.6. The summed E-state index contributed by atoms with van der Waals surface area (Å²) in [7, 11) is 1.48. The SMILES string of the molecule is C=C(C)[C@H](NC(=O)CCOCCOCCOCCN1C(=O)C=CC1=O)C(=O)N[C@@H](CCCCN)C(=O)Nc1ccc(COC(=O)N(Cc2ccc(Cn3c(=O)[nH]c4c(N)nc(OCC)nc43)c(OC)c2)CC(C)(C)O)cc1. The van der Waals surface area contributed by atoms with E-state index in [2.05, 4.69) is 37.5 Å². The van der Waals surface area contributed by atoms with Crippen molar-refractivity contribution < 1.29 is 62.3 Å². The van der Waals surface area contributed by atoms with Crippen molar-refractivity contribution in [1.82, 2.24) is 40.0 Å². The third-order valence-corrected chi connectivity index (χ3v) is 11.6. The number of benzene rings is 2. The second-order valence-corrected chi connectivity index (χ2v) is 18.5. The lowest BCUT2D eigenvalue weighted by molar-refractivity contribution is -0.137. The fraction of sp³-hybridized carbons (Fsp3) is 0.481. The highest BCUT2D eigenvalue weighted by Crippen LogP contribution is 2.26. The number of aromatic nitrogens is 4. The van der Waals surface area contributed by atoms with Gasteiger partial charge in [-0.1, -0.05) is 30.8 Å². The van der Waals surface area contributed by atoms with Crippen LogP contribution >= 0.6 is 0 Å². The number of nitrogen functional groups attached to an aromatic ring is 1. The van der Waals surface area contributed by atoms with Gasteiger partial charge in [-0.2, -0.15) is 9.97 Å². The summed E-state index contributed by atoms with van der Waals surface area (Å²) in [6, 6.07) is 9.72. The first kappa shape index (κ1) is 60.2. The number of imidazole rings is 1. The number of hydrogen-bond acceptors (Lipinski definition) is 18. The lowest BCUT2D eigenvalue weighted by atomic mass is 10.1. The number of ether oxygens (including phenoxy) is 6. The van der Waals surface area contributed by atoms with Crippen molar-refractivity contribution in [3.8, 4) is 11.8 Å². The Hall–Kier alpha value is -7.71. The first-order chi connectivity index (χ1) is 36.8. The lowest BCUT2D eigenvalue weighted by Crippen LogP contribution is -2.53. The van der Waals surface area contributed by atoms with Gasteiger partial charge in [-0.05, 0) is 88.4 Å². The number of fused-ring (bicyclic) bond motifs is 1. The minimum atomic E-state index is -1.29. The van der Waals surface area contributed by atoms with Crippen LogP contribution in [0.25, 0.3) is 11.2 Å². The van der Waals surface area contributed by atoms with Crippen LogP contribution in [0.4, 0.5) is 16.3 Å². The van der Waals surface area contributed by atoms with Crippen molar-refractivity contribution >= 4 is 58.3 Å². The molecule has 1 aliphatic rings. The van der Waals surface area contributed by atoms with Crippen molar-refractivity contribution in [3.63, 3.8) is 0 Å². The number of methoxy groups -OCH3 is 1. The molecule has 0 unspecified atom stereocenters. The van der Waals surface area contributed by atoms with Crippen molar-refractivity contribution in [2.24, 2.45) is 5.73 Å². The molecule has 25 heteroatoms. The van der Waals surface area contributed by atoms with Gasteiger partial charge in [-0.15, -0.1) is 0 Å². The van der Waals surface area contributed by atoms with E-state index in [1.165, 1.54) is 28.7 Å². The summed E-state index contributed by atoms with van der Waals surface area (Å²) in [6.45, 7) is 12.2. The topological polar surface area (TPSA) is 336 Å². The molecule has 5 rings (SSSR count). The summed E-state index contributed by atoms with van der Waals surface area (Å²) in [5.74, 6) is -1.87. The second-order valence-electron chi connectivity index (χ2n) is 18.5. The Labute approximate surface area is 445 Å². The molecule has 77 heavy (non-hydrogen) atoms. The van der Waals surface area contributed by atoms with Gasteiger partial charge in [0.2, 0.25) is 17.7 Å². The Kier molecular flexibility index (Phi) is 23.1. The molecule has 0 saturated carbocycles. The van der Waals surface area contributed by atoms with Gasteiger partial charge in [0.25, 0.3) is 11.8 Å². The highest BCUT2D eigenvalue weighted by atomic mass is 16.6. The highest BCUT2D eigenvalue weighted by molar-refractivity contribution is 6.12. The van der Waals surface area contributed by atoms with Crippen molar-refractivity contribution in [2.75, 3.05) is 84.0 Å². The maximum atomic E-state index is 13.7. The maximum Gasteiger partial charge on any atom is 0.410 e. The van der Waals surface area contributed by atoms with Crippen molar-refractivity contribution in [2.45, 2.75) is 90.8 Å². The molecule has 0 aliphatic carbocycles. The zero-order valence-electron chi connectivity index (χ0n) is 44.2. The number of anilines is 2. The summed E-state index contributed by atoms with van der Waals surface area (Å²) >= 11 is 0. The molecule has 2 aromatic carbocycles. The average Bonchev–Trinajstić information content (AvgIpc) is 3.92. The van der Waals surface area contributed by atoms with E-state index in [1.807, 2.05) is 0 Å². The molecule has 3 heterocycles. The smallest absolute Gasteiger partial charge is 0.410 e. The number of nitrogens with one attached hydrogen (secondary N) is 4. The quantitative estimate of drug-likeness (QED) is 0.0204. The predicted molar refractivity (Wildman–Crippen MR) is 282 cm³/mol. The van der Waals surface area contributed by atoms with Crippen LogP contribution in [-0.4, -0.2) is 161 Å². The first-order valence-electron chi connectivity index (χ1n) is 25.1. The standard InChI is InChI=1S/C52H71N11O14/c1-7-76-49-59-45(54)44-46(60-49)63(50(69)58-44)30-36-14-11-35(28-39(36)72-6)29-61(32-52(4,5)71)51(70)77-31-34-12-15-37(16-13-34)55-47(67)38(10-8-9-20-53)56-48(68)43(33(2)3)57-40(64)19-22-73-24-26-75-27-25-74-23-21-62-41(65)17-18-42(62)66/h11-18,28,38,43,71H,2,7-10,19-27,29-32,53H2,1,3-6H3,(H,55,67)(H,56,68)(H,57,64)(H,58,69)(H2,54,59,60)/t38-,43-/m0/s1. The van der Waals surface area contributed by atoms with Crippen LogP contribution in [0.2, 0.25) is 0 Å². The van der Waals surface area contributed by atoms with Gasteiger partial charge in [0.15, 0.2) is 11.5 Å². The summed E-state index contributed by atoms with van der Waals surface area (Å²) in [5.41, 5.74) is 13.2. The molecule has 0 saturated heterocycles. The molecule has 6 amide bonds. The van der Waals surface area contributed by atoms with Gasteiger partial charge >= 0.3 is 17.8 Å². The number of amides is 6. The number of carbonyl (C=O) groups excluding carboxylic acids is 6. The third kappa shape index (κ3) is 18.8. The molecule has 0 radical (unpaired) electrons. The van der Waals surface area contributed by atoms with Gasteiger partial charge in [-0.3, -0.25) is 33.4 Å². The minimum Gasteiger partial charge on any atom is -0.496 e. The van der Waals surface area contributed by atoms with Gasteiger partial charge in [-0.25, -0.2) is 9.59 Å². The molecule has 0 spiro atoms. The molecular formula is C52H71N11O14. The fourth-order valence-electron chi connectivity index (χ4n) is 7.76. The monoisotopic (exact) mass is 1070 g/mol. The zero-order chi connectivity index (χ0) is 56.1. The van der Waals surface area contributed by atoms with Crippen LogP contribution in [0.5, 0.6) is 11.8 Å². The Morgan fingerprint density at radius 2 is 1.56 bits per heavy atom. The van der Waals surface area contributed by atoms with E-state index in [9.17, 15) is 38.7 Å². The van der Waals surface area contributed by atoms with E-state index in [0.717, 1.165) is 4.90 Å². The van der Waals surface area contributed by atoms with Gasteiger partial charge < -0.3 is 70.8 Å². The minimum absolute atomic E-state index is 0.0296. The van der Waals surface area contributed by atoms with Crippen LogP contribution in [0.3, 0.4) is 0 Å². The Morgan fingerprint density at radius 3 is 2.19 bits per heavy atom. The number of unbranched alkanes of at least 4 members (excludes halogenated alkanes) is 1. The highest BCUT2D eigenvalue weighted by Gasteiger charge is 2.29. The number of hydrogen-bond donors (Lipinski definition) is 7. The normalized spacial score (nSPS) is 13.1. The van der Waals surface area contributed by atoms with Crippen LogP contribution in [-0.2, 0) is 62.6 Å². The van der Waals surface area contributed by atoms with Crippen LogP contribution in [0.1, 0.15) is 70.1 Å². The Balaban J connectivity index is 1.09. The molecule has 418 valence electrons. The van der Waals surface area contributed by atoms with E-state index < -0.39 is 47.2 Å². The molecule has 1 aliphatic heterocycles. The number of rotatable bonds is 33. The number of imide groups is 1. The number of H-pyrrole nitrogens is 1. The lowest BCUT2D eigenvalue weighted by Gasteiger charge is -2.29. The molecule has 25 nitrogen and oxygen atoms in total. The third-order valence-electron chi connectivity index (χ3n) is 11.6. The largest absolute Gasteiger partial charge is 0.496 e. The molecule has 2 aromatic heterocycles. The van der Waals surface area contributed by atoms with Crippen LogP contribution < -0.4 is 42.6 Å². The molecule has 0 bridgehead atoms. The summed E-state index contributed by atoms with van der Waals surface area (Å²) in [5, 5.41) is 19.0. The predicted octanol–water partition coefficient (Wildman–Crippen LogP) is 2.05. The van der Waals surface area contributed by atoms with Gasteiger partial charge in [0, 0.05) is 36.4 Å². The van der Waals surface area contributed by atoms with Crippen LogP contribution in [0, 0.1) is 0 Å². The number of carbonyl (C=O) groups is 6. The molecule has 9 N–H and O–H groups in total. The Morgan fingerprint density at radius 1 is 0.896 bits per heavy atom. The van der Waals surface area contributed by atoms with Crippen LogP contribution in [0.15, 0.2) is 71.6 Å². The van der Waals surface area contributed by atoms with E-state index >= 15 is 0 Å². The van der Waals surface area contributed by atoms with Gasteiger partial charge in [0.1, 0.15) is 30.0 Å². The van der Waals surface area contributed by atoms with E-state index in [1.54, 1.807) is 70.2 Å². The summed E-state index contributed by atoms with van der Waals surface area (Å²) in [4.78, 5) is 103. The average molecular weight is 1070 g/mol. The number of aliphatic hydroxyl groups is 1. The molecule has 2 atom stereocenters. The van der Waals surface area contributed by atoms with E-state index in [0.29, 0.717) is 59.7 Å².